The molecule has 10 heteroatoms. The zero-order valence-corrected chi connectivity index (χ0v) is 18.8. The molecule has 1 fully saturated rings. The monoisotopic (exact) mass is 463 g/mol. The maximum Gasteiger partial charge on any atom is 0.240 e. The van der Waals surface area contributed by atoms with Crippen LogP contribution in [-0.2, 0) is 26.0 Å². The number of aromatic nitrogens is 1. The number of sulfonamides is 1. The normalized spacial score (nSPS) is 21.1. The maximum atomic E-state index is 12.7. The van der Waals surface area contributed by atoms with Crippen molar-refractivity contribution in [3.05, 3.63) is 54.4 Å². The Kier molecular flexibility index (Phi) is 8.57. The molecule has 0 unspecified atom stereocenters. The largest absolute Gasteiger partial charge is 0.497 e. The van der Waals surface area contributed by atoms with E-state index in [4.69, 9.17) is 9.47 Å². The van der Waals surface area contributed by atoms with E-state index in [0.29, 0.717) is 37.3 Å². The van der Waals surface area contributed by atoms with Crippen molar-refractivity contribution in [1.82, 2.24) is 15.0 Å². The van der Waals surface area contributed by atoms with Gasteiger partial charge in [-0.3, -0.25) is 9.78 Å². The zero-order valence-electron chi connectivity index (χ0n) is 17.9. The number of benzene rings is 1. The van der Waals surface area contributed by atoms with Gasteiger partial charge in [0.1, 0.15) is 5.75 Å². The number of hydrogen-bond acceptors (Lipinski definition) is 7. The van der Waals surface area contributed by atoms with Gasteiger partial charge in [-0.05, 0) is 55.7 Å². The summed E-state index contributed by atoms with van der Waals surface area (Å²) in [4.78, 5) is 16.3. The van der Waals surface area contributed by atoms with Crippen molar-refractivity contribution < 1.29 is 27.8 Å². The molecule has 1 saturated heterocycles. The molecule has 0 bridgehead atoms. The highest BCUT2D eigenvalue weighted by Gasteiger charge is 2.33. The van der Waals surface area contributed by atoms with E-state index < -0.39 is 22.2 Å². The molecular formula is C22H29N3O6S. The topological polar surface area (TPSA) is 127 Å². The number of carbonyl (C=O) groups is 1. The first-order chi connectivity index (χ1) is 15.4. The second-order valence-corrected chi connectivity index (χ2v) is 9.31. The third-order valence-corrected chi connectivity index (χ3v) is 6.83. The Balaban J connectivity index is 1.47. The maximum absolute atomic E-state index is 12.7. The van der Waals surface area contributed by atoms with Crippen molar-refractivity contribution in [2.24, 2.45) is 0 Å². The number of carbonyl (C=O) groups excluding carboxylic acids is 1. The van der Waals surface area contributed by atoms with Crippen LogP contribution in [0.3, 0.4) is 0 Å². The van der Waals surface area contributed by atoms with Crippen molar-refractivity contribution in [1.29, 1.82) is 0 Å². The summed E-state index contributed by atoms with van der Waals surface area (Å²) in [5, 5.41) is 12.6. The van der Waals surface area contributed by atoms with Crippen molar-refractivity contribution in [2.75, 3.05) is 20.3 Å². The van der Waals surface area contributed by atoms with Crippen molar-refractivity contribution >= 4 is 15.9 Å². The number of nitrogens with zero attached hydrogens (tertiary/aromatic N) is 1. The highest BCUT2D eigenvalue weighted by atomic mass is 32.2. The number of pyridine rings is 1. The lowest BCUT2D eigenvalue weighted by Crippen LogP contribution is -2.51. The lowest BCUT2D eigenvalue weighted by molar-refractivity contribution is -0.121. The molecule has 2 heterocycles. The summed E-state index contributed by atoms with van der Waals surface area (Å²) < 4.78 is 39.0. The van der Waals surface area contributed by atoms with E-state index in [2.05, 4.69) is 15.0 Å². The highest BCUT2D eigenvalue weighted by Crippen LogP contribution is 2.24. The van der Waals surface area contributed by atoms with Gasteiger partial charge in [-0.15, -0.1) is 0 Å². The molecule has 1 aromatic carbocycles. The fourth-order valence-electron chi connectivity index (χ4n) is 3.60. The lowest BCUT2D eigenvalue weighted by Gasteiger charge is -2.36. The molecule has 0 radical (unpaired) electrons. The van der Waals surface area contributed by atoms with Gasteiger partial charge in [0.05, 0.1) is 43.3 Å². The fourth-order valence-corrected chi connectivity index (χ4v) is 4.90. The van der Waals surface area contributed by atoms with Crippen LogP contribution in [0, 0.1) is 0 Å². The van der Waals surface area contributed by atoms with Gasteiger partial charge < -0.3 is 19.9 Å². The van der Waals surface area contributed by atoms with Gasteiger partial charge in [-0.25, -0.2) is 13.1 Å². The number of aliphatic hydroxyl groups excluding tert-OH is 1. The minimum atomic E-state index is -3.76. The van der Waals surface area contributed by atoms with Crippen LogP contribution < -0.4 is 14.8 Å². The van der Waals surface area contributed by atoms with E-state index in [0.717, 1.165) is 0 Å². The molecule has 1 aromatic heterocycles. The fraction of sp³-hybridized carbons (Fsp3) is 0.455. The molecule has 1 aliphatic heterocycles. The SMILES string of the molecule is COc1ccc(S(=O)(=O)N[C@H]2CC[C@@H](CCNC(=O)Cc3ccccn3)O[C@H]2CO)cc1. The minimum absolute atomic E-state index is 0.118. The number of aliphatic hydroxyl groups is 1. The van der Waals surface area contributed by atoms with Crippen LogP contribution in [0.25, 0.3) is 0 Å². The summed E-state index contributed by atoms with van der Waals surface area (Å²) in [5.74, 6) is 0.441. The zero-order chi connectivity index (χ0) is 23.0. The van der Waals surface area contributed by atoms with Crippen LogP contribution in [0.5, 0.6) is 5.75 Å². The number of methoxy groups -OCH3 is 1. The van der Waals surface area contributed by atoms with Crippen molar-refractivity contribution in [3.63, 3.8) is 0 Å². The molecule has 0 saturated carbocycles. The van der Waals surface area contributed by atoms with Gasteiger partial charge in [-0.1, -0.05) is 6.07 Å². The number of hydrogen-bond donors (Lipinski definition) is 3. The molecular weight excluding hydrogens is 434 g/mol. The first kappa shape index (κ1) is 24.1. The summed E-state index contributed by atoms with van der Waals surface area (Å²) >= 11 is 0. The lowest BCUT2D eigenvalue weighted by atomic mass is 9.98. The Morgan fingerprint density at radius 1 is 1.22 bits per heavy atom. The summed E-state index contributed by atoms with van der Waals surface area (Å²) in [6, 6.07) is 11.0. The summed E-state index contributed by atoms with van der Waals surface area (Å²) in [6.07, 6.45) is 2.72. The van der Waals surface area contributed by atoms with Crippen LogP contribution >= 0.6 is 0 Å². The summed E-state index contributed by atoms with van der Waals surface area (Å²) in [7, 11) is -2.25. The molecule has 2 aromatic rings. The molecule has 32 heavy (non-hydrogen) atoms. The van der Waals surface area contributed by atoms with E-state index in [-0.39, 0.29) is 29.9 Å². The second kappa shape index (κ2) is 11.4. The van der Waals surface area contributed by atoms with E-state index in [1.54, 1.807) is 30.5 Å². The van der Waals surface area contributed by atoms with Gasteiger partial charge in [-0.2, -0.15) is 0 Å². The highest BCUT2D eigenvalue weighted by molar-refractivity contribution is 7.89. The summed E-state index contributed by atoms with van der Waals surface area (Å²) in [6.45, 7) is 0.120. The molecule has 3 N–H and O–H groups in total. The molecule has 9 nitrogen and oxygen atoms in total. The minimum Gasteiger partial charge on any atom is -0.497 e. The average molecular weight is 464 g/mol. The Morgan fingerprint density at radius 2 is 2.00 bits per heavy atom. The van der Waals surface area contributed by atoms with Crippen molar-refractivity contribution in [2.45, 2.75) is 48.8 Å². The molecule has 0 aliphatic carbocycles. The van der Waals surface area contributed by atoms with Gasteiger partial charge >= 0.3 is 0 Å². The van der Waals surface area contributed by atoms with Crippen molar-refractivity contribution in [3.8, 4) is 5.75 Å². The Morgan fingerprint density at radius 3 is 2.66 bits per heavy atom. The van der Waals surface area contributed by atoms with Gasteiger partial charge in [0.2, 0.25) is 15.9 Å². The molecule has 1 aliphatic rings. The first-order valence-corrected chi connectivity index (χ1v) is 12.0. The standard InChI is InChI=1S/C22H29N3O6S/c1-30-17-5-8-19(9-6-17)32(28,29)25-20-10-7-18(31-21(20)15-26)11-13-24-22(27)14-16-4-2-3-12-23-16/h2-6,8-9,12,18,20-21,25-26H,7,10-11,13-15H2,1H3,(H,24,27)/t18-,20-,21-/m0/s1. The Hall–Kier alpha value is -2.53. The Bertz CT molecular complexity index is 969. The van der Waals surface area contributed by atoms with Gasteiger partial charge in [0.25, 0.3) is 0 Å². The molecule has 3 atom stereocenters. The summed E-state index contributed by atoms with van der Waals surface area (Å²) in [5.41, 5.74) is 0.700. The first-order valence-electron chi connectivity index (χ1n) is 10.5. The Labute approximate surface area is 188 Å². The van der Waals surface area contributed by atoms with Gasteiger partial charge in [0, 0.05) is 18.4 Å². The third-order valence-electron chi connectivity index (χ3n) is 5.33. The van der Waals surface area contributed by atoms with Crippen LogP contribution in [0.4, 0.5) is 0 Å². The average Bonchev–Trinajstić information content (AvgIpc) is 2.80. The predicted octanol–water partition coefficient (Wildman–Crippen LogP) is 1.03. The van der Waals surface area contributed by atoms with E-state index in [1.807, 2.05) is 6.07 Å². The smallest absolute Gasteiger partial charge is 0.240 e. The van der Waals surface area contributed by atoms with E-state index in [9.17, 15) is 18.3 Å². The quantitative estimate of drug-likeness (QED) is 0.480. The van der Waals surface area contributed by atoms with Crippen LogP contribution in [0.15, 0.2) is 53.6 Å². The third kappa shape index (κ3) is 6.73. The van der Waals surface area contributed by atoms with Gasteiger partial charge in [0.15, 0.2) is 0 Å². The van der Waals surface area contributed by atoms with Crippen LogP contribution in [-0.4, -0.2) is 62.9 Å². The van der Waals surface area contributed by atoms with Crippen LogP contribution in [0.1, 0.15) is 25.0 Å². The predicted molar refractivity (Wildman–Crippen MR) is 118 cm³/mol. The van der Waals surface area contributed by atoms with E-state index >= 15 is 0 Å². The molecule has 1 amide bonds. The number of amides is 1. The second-order valence-electron chi connectivity index (χ2n) is 7.60. The van der Waals surface area contributed by atoms with Crippen LogP contribution in [0.2, 0.25) is 0 Å². The number of ether oxygens (including phenoxy) is 2. The van der Waals surface area contributed by atoms with E-state index in [1.165, 1.54) is 19.2 Å². The number of nitrogens with one attached hydrogen (secondary N) is 2. The molecule has 0 spiro atoms. The molecule has 3 rings (SSSR count). The number of rotatable bonds is 10. The molecule has 174 valence electrons.